The third kappa shape index (κ3) is 1.34. The van der Waals surface area contributed by atoms with Gasteiger partial charge in [-0.1, -0.05) is 0 Å². The van der Waals surface area contributed by atoms with Crippen LogP contribution in [-0.2, 0) is 0 Å². The van der Waals surface area contributed by atoms with E-state index in [2.05, 4.69) is 11.4 Å². The second-order valence-corrected chi connectivity index (χ2v) is 4.13. The van der Waals surface area contributed by atoms with E-state index < -0.39 is 0 Å². The fraction of sp³-hybridized carbons (Fsp3) is 0.273. The van der Waals surface area contributed by atoms with Crippen molar-refractivity contribution in [2.24, 2.45) is 0 Å². The Hall–Kier alpha value is -1.22. The summed E-state index contributed by atoms with van der Waals surface area (Å²) in [5.41, 5.74) is 7.75. The number of fused-ring (bicyclic) bond motifs is 1. The summed E-state index contributed by atoms with van der Waals surface area (Å²) < 4.78 is 6.81. The molecule has 14 heavy (non-hydrogen) atoms. The van der Waals surface area contributed by atoms with E-state index in [4.69, 9.17) is 10.5 Å². The van der Waals surface area contributed by atoms with Gasteiger partial charge in [0, 0.05) is 21.3 Å². The van der Waals surface area contributed by atoms with Crippen molar-refractivity contribution in [3.63, 3.8) is 0 Å². The highest BCUT2D eigenvalue weighted by Gasteiger charge is 2.09. The van der Waals surface area contributed by atoms with Crippen LogP contribution in [0.5, 0.6) is 5.75 Å². The zero-order valence-electron chi connectivity index (χ0n) is 8.33. The zero-order chi connectivity index (χ0) is 10.1. The van der Waals surface area contributed by atoms with E-state index in [-0.39, 0.29) is 0 Å². The summed E-state index contributed by atoms with van der Waals surface area (Å²) >= 11 is 1.69. The van der Waals surface area contributed by atoms with Gasteiger partial charge in [0.05, 0.1) is 6.61 Å². The molecule has 0 saturated carbocycles. The molecule has 0 radical (unpaired) electrons. The molecular formula is C11H13NOS. The number of thiophene rings is 1. The van der Waals surface area contributed by atoms with Gasteiger partial charge in [0.1, 0.15) is 5.75 Å². The molecule has 0 aliphatic carbocycles. The molecule has 0 bridgehead atoms. The molecule has 74 valence electrons. The molecule has 2 rings (SSSR count). The molecule has 3 heteroatoms. The lowest BCUT2D eigenvalue weighted by molar-refractivity contribution is 0.342. The first-order valence-corrected chi connectivity index (χ1v) is 5.51. The Bertz CT molecular complexity index is 462. The van der Waals surface area contributed by atoms with E-state index in [9.17, 15) is 0 Å². The van der Waals surface area contributed by atoms with E-state index in [1.165, 1.54) is 10.1 Å². The van der Waals surface area contributed by atoms with E-state index >= 15 is 0 Å². The van der Waals surface area contributed by atoms with Gasteiger partial charge in [0.25, 0.3) is 0 Å². The topological polar surface area (TPSA) is 35.2 Å². The molecule has 0 aliphatic rings. The highest BCUT2D eigenvalue weighted by Crippen LogP contribution is 2.36. The summed E-state index contributed by atoms with van der Waals surface area (Å²) in [5.74, 6) is 0.934. The molecule has 0 atom stereocenters. The van der Waals surface area contributed by atoms with Gasteiger partial charge in [-0.15, -0.1) is 11.3 Å². The van der Waals surface area contributed by atoms with E-state index in [1.54, 1.807) is 11.3 Å². The quantitative estimate of drug-likeness (QED) is 0.767. The number of rotatable bonds is 2. The monoisotopic (exact) mass is 207 g/mol. The second kappa shape index (κ2) is 3.50. The van der Waals surface area contributed by atoms with Crippen molar-refractivity contribution >= 4 is 27.1 Å². The first-order chi connectivity index (χ1) is 6.74. The molecule has 0 aliphatic heterocycles. The lowest BCUT2D eigenvalue weighted by Gasteiger charge is -2.10. The maximum Gasteiger partial charge on any atom is 0.132 e. The van der Waals surface area contributed by atoms with Crippen molar-refractivity contribution < 1.29 is 4.74 Å². The molecule has 1 heterocycles. The van der Waals surface area contributed by atoms with E-state index in [0.29, 0.717) is 6.61 Å². The molecule has 1 aromatic heterocycles. The van der Waals surface area contributed by atoms with Crippen LogP contribution in [0.1, 0.15) is 12.5 Å². The number of hydrogen-bond donors (Lipinski definition) is 1. The minimum absolute atomic E-state index is 0.676. The maximum absolute atomic E-state index is 5.90. The van der Waals surface area contributed by atoms with Crippen LogP contribution in [-0.4, -0.2) is 6.61 Å². The zero-order valence-corrected chi connectivity index (χ0v) is 9.15. The highest BCUT2D eigenvalue weighted by atomic mass is 32.1. The van der Waals surface area contributed by atoms with Crippen LogP contribution < -0.4 is 10.5 Å². The standard InChI is InChI=1S/C11H13NOS/c1-3-13-11-7(2)9(12)6-10-8(11)4-5-14-10/h4-6H,3,12H2,1-2H3. The normalized spacial score (nSPS) is 10.7. The third-order valence-corrected chi connectivity index (χ3v) is 3.15. The summed E-state index contributed by atoms with van der Waals surface area (Å²) in [6.07, 6.45) is 0. The van der Waals surface area contributed by atoms with E-state index in [0.717, 1.165) is 17.0 Å². The van der Waals surface area contributed by atoms with Gasteiger partial charge in [-0.05, 0) is 31.4 Å². The van der Waals surface area contributed by atoms with Gasteiger partial charge in [0.2, 0.25) is 0 Å². The minimum Gasteiger partial charge on any atom is -0.493 e. The summed E-state index contributed by atoms with van der Waals surface area (Å²) in [6.45, 7) is 4.66. The molecule has 0 spiro atoms. The number of hydrogen-bond acceptors (Lipinski definition) is 3. The molecule has 0 saturated heterocycles. The Morgan fingerprint density at radius 1 is 1.50 bits per heavy atom. The summed E-state index contributed by atoms with van der Waals surface area (Å²) in [6, 6.07) is 4.09. The Kier molecular flexibility index (Phi) is 2.33. The van der Waals surface area contributed by atoms with Crippen LogP contribution in [0.3, 0.4) is 0 Å². The van der Waals surface area contributed by atoms with Gasteiger partial charge in [-0.3, -0.25) is 0 Å². The lowest BCUT2D eigenvalue weighted by atomic mass is 10.1. The fourth-order valence-corrected chi connectivity index (χ4v) is 2.37. The van der Waals surface area contributed by atoms with Crippen LogP contribution >= 0.6 is 11.3 Å². The van der Waals surface area contributed by atoms with Crippen LogP contribution in [0.25, 0.3) is 10.1 Å². The number of nitrogen functional groups attached to an aromatic ring is 1. The largest absolute Gasteiger partial charge is 0.493 e. The predicted octanol–water partition coefficient (Wildman–Crippen LogP) is 3.19. The number of nitrogens with two attached hydrogens (primary N) is 1. The maximum atomic E-state index is 5.90. The average Bonchev–Trinajstić information content (AvgIpc) is 2.60. The average molecular weight is 207 g/mol. The molecule has 0 unspecified atom stereocenters. The summed E-state index contributed by atoms with van der Waals surface area (Å²) in [5, 5.41) is 3.23. The molecule has 2 nitrogen and oxygen atoms in total. The number of benzene rings is 1. The van der Waals surface area contributed by atoms with Crippen LogP contribution in [0.4, 0.5) is 5.69 Å². The van der Waals surface area contributed by atoms with E-state index in [1.807, 2.05) is 19.9 Å². The minimum atomic E-state index is 0.676. The number of anilines is 1. The first-order valence-electron chi connectivity index (χ1n) is 4.63. The van der Waals surface area contributed by atoms with Crippen LogP contribution in [0.2, 0.25) is 0 Å². The molecule has 2 aromatic rings. The van der Waals surface area contributed by atoms with Gasteiger partial charge >= 0.3 is 0 Å². The molecular weight excluding hydrogens is 194 g/mol. The Morgan fingerprint density at radius 2 is 2.29 bits per heavy atom. The summed E-state index contributed by atoms with van der Waals surface area (Å²) in [7, 11) is 0. The van der Waals surface area contributed by atoms with Crippen molar-refractivity contribution in [2.75, 3.05) is 12.3 Å². The molecule has 0 amide bonds. The van der Waals surface area contributed by atoms with Gasteiger partial charge in [-0.25, -0.2) is 0 Å². The highest BCUT2D eigenvalue weighted by molar-refractivity contribution is 7.17. The van der Waals surface area contributed by atoms with Crippen LogP contribution in [0, 0.1) is 6.92 Å². The van der Waals surface area contributed by atoms with Gasteiger partial charge in [-0.2, -0.15) is 0 Å². The molecule has 1 aromatic carbocycles. The summed E-state index contributed by atoms with van der Waals surface area (Å²) in [4.78, 5) is 0. The molecule has 0 fully saturated rings. The van der Waals surface area contributed by atoms with Crippen molar-refractivity contribution in [2.45, 2.75) is 13.8 Å². The smallest absolute Gasteiger partial charge is 0.132 e. The van der Waals surface area contributed by atoms with Crippen molar-refractivity contribution in [3.8, 4) is 5.75 Å². The molecule has 2 N–H and O–H groups in total. The third-order valence-electron chi connectivity index (χ3n) is 2.29. The van der Waals surface area contributed by atoms with Crippen molar-refractivity contribution in [3.05, 3.63) is 23.1 Å². The van der Waals surface area contributed by atoms with Crippen molar-refractivity contribution in [1.29, 1.82) is 0 Å². The van der Waals surface area contributed by atoms with Gasteiger partial charge < -0.3 is 10.5 Å². The Morgan fingerprint density at radius 3 is 3.00 bits per heavy atom. The predicted molar refractivity (Wildman–Crippen MR) is 62.1 cm³/mol. The second-order valence-electron chi connectivity index (χ2n) is 3.19. The van der Waals surface area contributed by atoms with Gasteiger partial charge in [0.15, 0.2) is 0 Å². The lowest BCUT2D eigenvalue weighted by Crippen LogP contribution is -1.97. The Balaban J connectivity index is 2.73. The van der Waals surface area contributed by atoms with Crippen LogP contribution in [0.15, 0.2) is 17.5 Å². The fourth-order valence-electron chi connectivity index (χ4n) is 1.53. The Labute approximate surface area is 87.3 Å². The van der Waals surface area contributed by atoms with Crippen molar-refractivity contribution in [1.82, 2.24) is 0 Å². The first kappa shape index (κ1) is 9.34. The number of ether oxygens (including phenoxy) is 1. The SMILES string of the molecule is CCOc1c(C)c(N)cc2sccc12.